The molecule has 3 rings (SSSR count). The molecule has 2 heterocycles. The van der Waals surface area contributed by atoms with Crippen LogP contribution in [0, 0.1) is 5.92 Å². The number of esters is 1. The third kappa shape index (κ3) is 5.31. The average Bonchev–Trinajstić information content (AvgIpc) is 2.82. The third-order valence-electron chi connectivity index (χ3n) is 5.99. The second-order valence-electron chi connectivity index (χ2n) is 10.1. The van der Waals surface area contributed by atoms with Crippen LogP contribution < -0.4 is 10.2 Å². The van der Waals surface area contributed by atoms with E-state index in [4.69, 9.17) is 18.8 Å². The van der Waals surface area contributed by atoms with Gasteiger partial charge >= 0.3 is 13.1 Å². The molecule has 1 aliphatic carbocycles. The van der Waals surface area contributed by atoms with Gasteiger partial charge in [0.15, 0.2) is 0 Å². The Balaban J connectivity index is 1.51. The van der Waals surface area contributed by atoms with Crippen LogP contribution in [0.2, 0.25) is 0 Å². The molecule has 29 heavy (non-hydrogen) atoms. The largest absolute Gasteiger partial charge is 0.496 e. The summed E-state index contributed by atoms with van der Waals surface area (Å²) in [6, 6.07) is 3.80. The summed E-state index contributed by atoms with van der Waals surface area (Å²) in [4.78, 5) is 16.7. The number of ether oxygens (including phenoxy) is 2. The van der Waals surface area contributed by atoms with E-state index < -0.39 is 12.7 Å². The number of carbonyl (C=O) groups is 1. The van der Waals surface area contributed by atoms with Crippen LogP contribution in [0.1, 0.15) is 74.1 Å². The maximum Gasteiger partial charge on any atom is 0.496 e. The summed E-state index contributed by atoms with van der Waals surface area (Å²) in [5.74, 6) is 0.458. The van der Waals surface area contributed by atoms with Gasteiger partial charge in [0, 0.05) is 11.7 Å². The molecule has 0 radical (unpaired) electrons. The molecule has 1 aliphatic heterocycles. The topological polar surface area (TPSA) is 66.9 Å². The van der Waals surface area contributed by atoms with Crippen molar-refractivity contribution in [2.24, 2.45) is 5.92 Å². The Morgan fingerprint density at radius 1 is 1.07 bits per heavy atom. The summed E-state index contributed by atoms with van der Waals surface area (Å²) in [5.41, 5.74) is -0.309. The fraction of sp³-hybridized carbons (Fsp3) is 0.727. The van der Waals surface area contributed by atoms with Gasteiger partial charge in [-0.15, -0.1) is 0 Å². The first-order valence-corrected chi connectivity index (χ1v) is 10.6. The highest BCUT2D eigenvalue weighted by Gasteiger charge is 2.51. The van der Waals surface area contributed by atoms with E-state index in [2.05, 4.69) is 4.98 Å². The second-order valence-corrected chi connectivity index (χ2v) is 10.1. The summed E-state index contributed by atoms with van der Waals surface area (Å²) < 4.78 is 23.7. The Bertz CT molecular complexity index is 702. The minimum Gasteiger partial charge on any atom is -0.474 e. The highest BCUT2D eigenvalue weighted by atomic mass is 16.7. The SMILES string of the molecule is CC(C)(C)OC(=O)C1CCC(Oc2ccc(B3OC(C)(C)C(C)(C)O3)cn2)CC1. The van der Waals surface area contributed by atoms with Gasteiger partial charge in [0.1, 0.15) is 11.7 Å². The van der Waals surface area contributed by atoms with Crippen molar-refractivity contribution in [3.8, 4) is 5.88 Å². The van der Waals surface area contributed by atoms with E-state index in [1.54, 1.807) is 6.20 Å². The number of nitrogens with zero attached hydrogens (tertiary/aromatic N) is 1. The fourth-order valence-corrected chi connectivity index (χ4v) is 3.55. The van der Waals surface area contributed by atoms with Gasteiger partial charge in [-0.25, -0.2) is 4.98 Å². The maximum atomic E-state index is 12.2. The van der Waals surface area contributed by atoms with Gasteiger partial charge in [-0.3, -0.25) is 4.79 Å². The van der Waals surface area contributed by atoms with Gasteiger partial charge in [-0.05, 0) is 80.2 Å². The predicted molar refractivity (Wildman–Crippen MR) is 112 cm³/mol. The van der Waals surface area contributed by atoms with Gasteiger partial charge in [-0.2, -0.15) is 0 Å². The number of hydrogen-bond acceptors (Lipinski definition) is 6. The molecule has 6 nitrogen and oxygen atoms in total. The van der Waals surface area contributed by atoms with Crippen molar-refractivity contribution in [1.29, 1.82) is 0 Å². The van der Waals surface area contributed by atoms with Gasteiger partial charge in [0.2, 0.25) is 5.88 Å². The van der Waals surface area contributed by atoms with Crippen molar-refractivity contribution in [2.75, 3.05) is 0 Å². The molecular formula is C22H34BNO5. The standard InChI is InChI=1S/C22H34BNO5/c1-20(2,3)27-19(25)15-8-11-17(12-9-15)26-18-13-10-16(14-24-18)23-28-21(4,5)22(6,7)29-23/h10,13-15,17H,8-9,11-12H2,1-7H3. The minimum absolute atomic E-state index is 0.0345. The summed E-state index contributed by atoms with van der Waals surface area (Å²) in [6.07, 6.45) is 5.04. The van der Waals surface area contributed by atoms with E-state index in [1.807, 2.05) is 60.6 Å². The number of aromatic nitrogens is 1. The van der Waals surface area contributed by atoms with Crippen LogP contribution in [0.15, 0.2) is 18.3 Å². The smallest absolute Gasteiger partial charge is 0.474 e. The molecule has 2 fully saturated rings. The second kappa shape index (κ2) is 7.91. The molecule has 0 N–H and O–H groups in total. The lowest BCUT2D eigenvalue weighted by atomic mass is 9.80. The lowest BCUT2D eigenvalue weighted by Gasteiger charge is -2.32. The number of pyridine rings is 1. The Hall–Kier alpha value is -1.60. The van der Waals surface area contributed by atoms with Crippen molar-refractivity contribution in [1.82, 2.24) is 4.98 Å². The van der Waals surface area contributed by atoms with E-state index in [0.29, 0.717) is 5.88 Å². The Kier molecular flexibility index (Phi) is 6.03. The number of carbonyl (C=O) groups excluding carboxylic acids is 1. The zero-order valence-electron chi connectivity index (χ0n) is 18.8. The lowest BCUT2D eigenvalue weighted by Crippen LogP contribution is -2.41. The van der Waals surface area contributed by atoms with Crippen LogP contribution in [0.5, 0.6) is 5.88 Å². The summed E-state index contributed by atoms with van der Waals surface area (Å²) >= 11 is 0. The fourth-order valence-electron chi connectivity index (χ4n) is 3.55. The van der Waals surface area contributed by atoms with Crippen molar-refractivity contribution < 1.29 is 23.6 Å². The molecule has 0 bridgehead atoms. The van der Waals surface area contributed by atoms with Crippen LogP contribution in [0.3, 0.4) is 0 Å². The van der Waals surface area contributed by atoms with E-state index >= 15 is 0 Å². The summed E-state index contributed by atoms with van der Waals surface area (Å²) in [6.45, 7) is 13.8. The molecule has 0 amide bonds. The molecule has 7 heteroatoms. The number of hydrogen-bond donors (Lipinski definition) is 0. The first kappa shape index (κ1) is 22.1. The molecule has 0 unspecified atom stereocenters. The molecule has 1 saturated heterocycles. The van der Waals surface area contributed by atoms with E-state index in [1.165, 1.54) is 0 Å². The molecule has 160 valence electrons. The van der Waals surface area contributed by atoms with Gasteiger partial charge in [0.05, 0.1) is 17.1 Å². The van der Waals surface area contributed by atoms with Gasteiger partial charge < -0.3 is 18.8 Å². The van der Waals surface area contributed by atoms with Crippen LogP contribution in [0.25, 0.3) is 0 Å². The quantitative estimate of drug-likeness (QED) is 0.565. The molecule has 2 aliphatic rings. The zero-order valence-corrected chi connectivity index (χ0v) is 18.8. The predicted octanol–water partition coefficient (Wildman–Crippen LogP) is 3.66. The Morgan fingerprint density at radius 2 is 1.66 bits per heavy atom. The highest BCUT2D eigenvalue weighted by Crippen LogP contribution is 2.36. The molecule has 1 aromatic heterocycles. The first-order chi connectivity index (χ1) is 13.4. The van der Waals surface area contributed by atoms with Crippen molar-refractivity contribution in [3.05, 3.63) is 18.3 Å². The molecular weight excluding hydrogens is 369 g/mol. The van der Waals surface area contributed by atoms with Gasteiger partial charge in [-0.1, -0.05) is 6.07 Å². The molecule has 0 spiro atoms. The first-order valence-electron chi connectivity index (χ1n) is 10.6. The summed E-state index contributed by atoms with van der Waals surface area (Å²) in [5, 5.41) is 0. The van der Waals surface area contributed by atoms with Crippen molar-refractivity contribution in [3.63, 3.8) is 0 Å². The van der Waals surface area contributed by atoms with Crippen LogP contribution in [-0.4, -0.2) is 41.0 Å². The van der Waals surface area contributed by atoms with Crippen molar-refractivity contribution in [2.45, 2.75) is 97.1 Å². The van der Waals surface area contributed by atoms with Crippen molar-refractivity contribution >= 4 is 18.6 Å². The zero-order chi connectivity index (χ0) is 21.4. The molecule has 1 saturated carbocycles. The Morgan fingerprint density at radius 3 is 2.14 bits per heavy atom. The highest BCUT2D eigenvalue weighted by molar-refractivity contribution is 6.62. The average molecular weight is 403 g/mol. The van der Waals surface area contributed by atoms with Crippen LogP contribution in [-0.2, 0) is 18.8 Å². The van der Waals surface area contributed by atoms with Gasteiger partial charge in [0.25, 0.3) is 0 Å². The van der Waals surface area contributed by atoms with E-state index in [-0.39, 0.29) is 29.2 Å². The molecule has 0 aromatic carbocycles. The minimum atomic E-state index is -0.437. The summed E-state index contributed by atoms with van der Waals surface area (Å²) in [7, 11) is -0.425. The molecule has 1 aromatic rings. The monoisotopic (exact) mass is 403 g/mol. The van der Waals surface area contributed by atoms with E-state index in [9.17, 15) is 4.79 Å². The maximum absolute atomic E-state index is 12.2. The Labute approximate surface area is 174 Å². The normalized spacial score (nSPS) is 26.2. The third-order valence-corrected chi connectivity index (χ3v) is 5.99. The lowest BCUT2D eigenvalue weighted by molar-refractivity contribution is -0.161. The van der Waals surface area contributed by atoms with Crippen LogP contribution in [0.4, 0.5) is 0 Å². The van der Waals surface area contributed by atoms with E-state index in [0.717, 1.165) is 31.1 Å². The molecule has 0 atom stereocenters. The van der Waals surface area contributed by atoms with Crippen LogP contribution >= 0.6 is 0 Å². The number of rotatable bonds is 4.